The number of carbonyl (C=O) groups is 1. The average Bonchev–Trinajstić information content (AvgIpc) is 2.47. The van der Waals surface area contributed by atoms with Gasteiger partial charge in [0.1, 0.15) is 0 Å². The zero-order valence-electron chi connectivity index (χ0n) is 11.2. The van der Waals surface area contributed by atoms with Crippen LogP contribution in [0.5, 0.6) is 0 Å². The molecule has 0 radical (unpaired) electrons. The van der Waals surface area contributed by atoms with Crippen LogP contribution in [0.4, 0.5) is 5.69 Å². The fraction of sp³-hybridized carbons (Fsp3) is 0.200. The minimum Gasteiger partial charge on any atom is -0.478 e. The monoisotopic (exact) mass is 272 g/mol. The van der Waals surface area contributed by atoms with Gasteiger partial charge in [-0.2, -0.15) is 0 Å². The highest BCUT2D eigenvalue weighted by Crippen LogP contribution is 2.16. The summed E-state index contributed by atoms with van der Waals surface area (Å²) in [6.07, 6.45) is 1.36. The van der Waals surface area contributed by atoms with E-state index in [4.69, 9.17) is 9.84 Å². The molecule has 0 bridgehead atoms. The summed E-state index contributed by atoms with van der Waals surface area (Å²) >= 11 is 0. The first kappa shape index (κ1) is 14.0. The van der Waals surface area contributed by atoms with Gasteiger partial charge in [0.05, 0.1) is 24.4 Å². The topological polar surface area (TPSA) is 71.5 Å². The summed E-state index contributed by atoms with van der Waals surface area (Å²) in [6, 6.07) is 11.1. The standard InChI is InChI=1S/C15H16N2O3/c1-20-10-12-4-2-3-5-14(12)17-9-13-7-6-11(8-16-13)15(18)19/h2-8,17H,9-10H2,1H3,(H,18,19). The number of nitrogens with zero attached hydrogens (tertiary/aromatic N) is 1. The predicted molar refractivity (Wildman–Crippen MR) is 75.7 cm³/mol. The molecule has 0 saturated heterocycles. The normalized spacial score (nSPS) is 10.2. The molecule has 0 aliphatic carbocycles. The Morgan fingerprint density at radius 1 is 1.30 bits per heavy atom. The first-order valence-electron chi connectivity index (χ1n) is 6.19. The quantitative estimate of drug-likeness (QED) is 0.845. The molecular weight excluding hydrogens is 256 g/mol. The van der Waals surface area contributed by atoms with Gasteiger partial charge >= 0.3 is 5.97 Å². The number of carboxylic acids is 1. The zero-order chi connectivity index (χ0) is 14.4. The molecule has 104 valence electrons. The van der Waals surface area contributed by atoms with Gasteiger partial charge < -0.3 is 15.2 Å². The van der Waals surface area contributed by atoms with Gasteiger partial charge in [-0.1, -0.05) is 18.2 Å². The Labute approximate surface area is 117 Å². The Morgan fingerprint density at radius 3 is 2.75 bits per heavy atom. The van der Waals surface area contributed by atoms with Crippen molar-refractivity contribution in [2.75, 3.05) is 12.4 Å². The van der Waals surface area contributed by atoms with Crippen LogP contribution in [0.2, 0.25) is 0 Å². The van der Waals surface area contributed by atoms with Crippen LogP contribution in [0.3, 0.4) is 0 Å². The maximum absolute atomic E-state index is 10.7. The lowest BCUT2D eigenvalue weighted by Gasteiger charge is -2.11. The largest absolute Gasteiger partial charge is 0.478 e. The van der Waals surface area contributed by atoms with E-state index in [2.05, 4.69) is 10.3 Å². The number of hydrogen-bond donors (Lipinski definition) is 2. The minimum atomic E-state index is -0.970. The number of nitrogens with one attached hydrogen (secondary N) is 1. The molecule has 0 aliphatic heterocycles. The van der Waals surface area contributed by atoms with E-state index in [1.54, 1.807) is 19.2 Å². The van der Waals surface area contributed by atoms with E-state index in [9.17, 15) is 4.79 Å². The lowest BCUT2D eigenvalue weighted by Crippen LogP contribution is -2.05. The number of methoxy groups -OCH3 is 1. The third-order valence-corrected chi connectivity index (χ3v) is 2.85. The second kappa shape index (κ2) is 6.68. The Balaban J connectivity index is 2.03. The molecule has 2 aromatic rings. The molecule has 0 fully saturated rings. The molecule has 1 aromatic heterocycles. The van der Waals surface area contributed by atoms with E-state index >= 15 is 0 Å². The summed E-state index contributed by atoms with van der Waals surface area (Å²) in [4.78, 5) is 14.9. The first-order valence-corrected chi connectivity index (χ1v) is 6.19. The second-order valence-corrected chi connectivity index (χ2v) is 4.29. The van der Waals surface area contributed by atoms with Gasteiger partial charge in [-0.15, -0.1) is 0 Å². The highest BCUT2D eigenvalue weighted by atomic mass is 16.5. The van der Waals surface area contributed by atoms with Crippen LogP contribution in [0.1, 0.15) is 21.6 Å². The number of para-hydroxylation sites is 1. The highest BCUT2D eigenvalue weighted by Gasteiger charge is 2.04. The van der Waals surface area contributed by atoms with Crippen LogP contribution in [0.25, 0.3) is 0 Å². The maximum atomic E-state index is 10.7. The summed E-state index contributed by atoms with van der Waals surface area (Å²) in [5.74, 6) is -0.970. The molecule has 5 heteroatoms. The summed E-state index contributed by atoms with van der Waals surface area (Å²) in [5, 5.41) is 12.1. The van der Waals surface area contributed by atoms with Gasteiger partial charge in [-0.3, -0.25) is 4.98 Å². The number of rotatable bonds is 6. The van der Waals surface area contributed by atoms with E-state index < -0.39 is 5.97 Å². The van der Waals surface area contributed by atoms with Crippen LogP contribution in [-0.2, 0) is 17.9 Å². The van der Waals surface area contributed by atoms with Crippen molar-refractivity contribution in [3.63, 3.8) is 0 Å². The minimum absolute atomic E-state index is 0.188. The lowest BCUT2D eigenvalue weighted by molar-refractivity contribution is 0.0696. The summed E-state index contributed by atoms with van der Waals surface area (Å²) in [7, 11) is 1.66. The molecule has 1 aromatic carbocycles. The Kier molecular flexibility index (Phi) is 4.68. The molecule has 2 N–H and O–H groups in total. The predicted octanol–water partition coefficient (Wildman–Crippen LogP) is 2.54. The Hall–Kier alpha value is -2.40. The van der Waals surface area contributed by atoms with Crippen molar-refractivity contribution in [3.8, 4) is 0 Å². The van der Waals surface area contributed by atoms with Gasteiger partial charge in [0.25, 0.3) is 0 Å². The molecule has 0 atom stereocenters. The van der Waals surface area contributed by atoms with Crippen molar-refractivity contribution in [2.45, 2.75) is 13.2 Å². The van der Waals surface area contributed by atoms with E-state index in [-0.39, 0.29) is 5.56 Å². The van der Waals surface area contributed by atoms with Crippen molar-refractivity contribution < 1.29 is 14.6 Å². The third-order valence-electron chi connectivity index (χ3n) is 2.85. The molecule has 0 spiro atoms. The second-order valence-electron chi connectivity index (χ2n) is 4.29. The molecule has 20 heavy (non-hydrogen) atoms. The van der Waals surface area contributed by atoms with Gasteiger partial charge in [-0.05, 0) is 18.2 Å². The molecule has 2 rings (SSSR count). The van der Waals surface area contributed by atoms with E-state index in [0.29, 0.717) is 13.2 Å². The van der Waals surface area contributed by atoms with Crippen LogP contribution in [0, 0.1) is 0 Å². The van der Waals surface area contributed by atoms with Crippen LogP contribution < -0.4 is 5.32 Å². The summed E-state index contributed by atoms with van der Waals surface area (Å²) in [5.41, 5.74) is 3.02. The number of pyridine rings is 1. The fourth-order valence-corrected chi connectivity index (χ4v) is 1.82. The van der Waals surface area contributed by atoms with Crippen molar-refractivity contribution in [3.05, 3.63) is 59.4 Å². The number of aromatic carboxylic acids is 1. The van der Waals surface area contributed by atoms with Crippen molar-refractivity contribution in [1.29, 1.82) is 0 Å². The zero-order valence-corrected chi connectivity index (χ0v) is 11.2. The maximum Gasteiger partial charge on any atom is 0.337 e. The number of carboxylic acid groups (broad SMARTS) is 1. The number of anilines is 1. The first-order chi connectivity index (χ1) is 9.70. The van der Waals surface area contributed by atoms with Gasteiger partial charge in [0, 0.05) is 24.6 Å². The highest BCUT2D eigenvalue weighted by molar-refractivity contribution is 5.87. The van der Waals surface area contributed by atoms with Crippen molar-refractivity contribution >= 4 is 11.7 Å². The number of aromatic nitrogens is 1. The molecule has 0 aliphatic rings. The van der Waals surface area contributed by atoms with Crippen molar-refractivity contribution in [1.82, 2.24) is 4.98 Å². The summed E-state index contributed by atoms with van der Waals surface area (Å²) in [6.45, 7) is 1.06. The van der Waals surface area contributed by atoms with Crippen LogP contribution >= 0.6 is 0 Å². The third kappa shape index (κ3) is 3.55. The van der Waals surface area contributed by atoms with E-state index in [1.165, 1.54) is 6.20 Å². The number of hydrogen-bond acceptors (Lipinski definition) is 4. The average molecular weight is 272 g/mol. The molecular formula is C15H16N2O3. The molecule has 5 nitrogen and oxygen atoms in total. The molecule has 1 heterocycles. The Morgan fingerprint density at radius 2 is 2.10 bits per heavy atom. The van der Waals surface area contributed by atoms with Gasteiger partial charge in [0.15, 0.2) is 0 Å². The van der Waals surface area contributed by atoms with Gasteiger partial charge in [0.2, 0.25) is 0 Å². The molecule has 0 unspecified atom stereocenters. The van der Waals surface area contributed by atoms with Gasteiger partial charge in [-0.25, -0.2) is 4.79 Å². The van der Waals surface area contributed by atoms with Crippen molar-refractivity contribution in [2.24, 2.45) is 0 Å². The molecule has 0 amide bonds. The van der Waals surface area contributed by atoms with Crippen LogP contribution in [-0.4, -0.2) is 23.2 Å². The van der Waals surface area contributed by atoms with Crippen LogP contribution in [0.15, 0.2) is 42.6 Å². The molecule has 0 saturated carbocycles. The SMILES string of the molecule is COCc1ccccc1NCc1ccc(C(=O)O)cn1. The van der Waals surface area contributed by atoms with E-state index in [0.717, 1.165) is 16.9 Å². The number of ether oxygens (including phenoxy) is 1. The number of benzene rings is 1. The summed E-state index contributed by atoms with van der Waals surface area (Å²) < 4.78 is 5.14. The van der Waals surface area contributed by atoms with E-state index in [1.807, 2.05) is 24.3 Å². The fourth-order valence-electron chi connectivity index (χ4n) is 1.82. The smallest absolute Gasteiger partial charge is 0.337 e. The Bertz CT molecular complexity index is 582. The lowest BCUT2D eigenvalue weighted by atomic mass is 10.2.